The average Bonchev–Trinajstić information content (AvgIpc) is 3.99. The number of hydrogen-bond donors (Lipinski definition) is 3. The minimum absolute atomic E-state index is 0.139. The van der Waals surface area contributed by atoms with E-state index < -0.39 is 67.1 Å². The van der Waals surface area contributed by atoms with Gasteiger partial charge in [-0.25, -0.2) is 13.2 Å². The van der Waals surface area contributed by atoms with Crippen LogP contribution in [0.4, 0.5) is 10.5 Å². The summed E-state index contributed by atoms with van der Waals surface area (Å²) in [5.74, 6) is -4.19. The van der Waals surface area contributed by atoms with E-state index in [-0.39, 0.29) is 19.3 Å². The smallest absolute Gasteiger partial charge is 0.411 e. The molecule has 2 heterocycles. The van der Waals surface area contributed by atoms with Crippen LogP contribution >= 0.6 is 0 Å². The number of benzene rings is 1. The van der Waals surface area contributed by atoms with Crippen molar-refractivity contribution < 1.29 is 32.3 Å². The Morgan fingerprint density at radius 3 is 2.63 bits per heavy atom. The number of aromatic nitrogens is 1. The Balaban J connectivity index is 1.30. The van der Waals surface area contributed by atoms with Crippen molar-refractivity contribution in [3.63, 3.8) is 0 Å². The number of fused-ring (bicyclic) bond motifs is 2. The second-order valence-electron chi connectivity index (χ2n) is 14.0. The maximum Gasteiger partial charge on any atom is 0.411 e. The van der Waals surface area contributed by atoms with Crippen molar-refractivity contribution in [1.29, 1.82) is 0 Å². The van der Waals surface area contributed by atoms with Gasteiger partial charge in [-0.05, 0) is 82.1 Å². The number of aryl methyl sites for hydroxylation is 2. The van der Waals surface area contributed by atoms with Gasteiger partial charge in [-0.1, -0.05) is 37.3 Å². The van der Waals surface area contributed by atoms with Crippen molar-refractivity contribution in [3.8, 4) is 11.3 Å². The number of allylic oxidation sites excluding steroid dienone is 1. The van der Waals surface area contributed by atoms with Crippen LogP contribution in [0.25, 0.3) is 11.3 Å². The number of hydrogen-bond acceptors (Lipinski definition) is 8. The summed E-state index contributed by atoms with van der Waals surface area (Å²) >= 11 is 0. The van der Waals surface area contributed by atoms with E-state index in [4.69, 9.17) is 15.5 Å². The summed E-state index contributed by atoms with van der Waals surface area (Å²) in [6.45, 7) is 4.28. The Kier molecular flexibility index (Phi) is 9.33. The molecule has 5 unspecified atom stereocenters. The lowest BCUT2D eigenvalue weighted by atomic mass is 9.75. The van der Waals surface area contributed by atoms with Gasteiger partial charge in [0, 0.05) is 37.2 Å². The first-order valence-electron chi connectivity index (χ1n) is 17.1. The van der Waals surface area contributed by atoms with Crippen LogP contribution < -0.4 is 16.4 Å². The highest BCUT2D eigenvalue weighted by Gasteiger charge is 2.70. The fraction of sp³-hybridized carbons (Fsp3) is 0.528. The topological polar surface area (TPSA) is 178 Å². The molecule has 0 bridgehead atoms. The summed E-state index contributed by atoms with van der Waals surface area (Å²) < 4.78 is 33.3. The summed E-state index contributed by atoms with van der Waals surface area (Å²) in [6.07, 6.45) is 5.46. The van der Waals surface area contributed by atoms with Gasteiger partial charge in [0.1, 0.15) is 16.4 Å². The number of nitrogens with zero attached hydrogens (tertiary/aromatic N) is 2. The van der Waals surface area contributed by atoms with E-state index in [0.29, 0.717) is 49.2 Å². The Morgan fingerprint density at radius 1 is 1.14 bits per heavy atom. The van der Waals surface area contributed by atoms with Crippen LogP contribution in [-0.4, -0.2) is 71.9 Å². The SMILES string of the molecule is CCc1cccc(-c2ccc(C)cc2NC(=O)OC2CC3C(=O)N(C)CCCCC=CC4CC4(S(=O)(=O)C4CC4)NC(=O)C3(C(N)=O)C2)n1. The summed E-state index contributed by atoms with van der Waals surface area (Å²) in [5.41, 5.74) is 7.45. The maximum atomic E-state index is 14.4. The highest BCUT2D eigenvalue weighted by molar-refractivity contribution is 7.94. The van der Waals surface area contributed by atoms with Gasteiger partial charge in [-0.15, -0.1) is 0 Å². The third kappa shape index (κ3) is 6.44. The minimum Gasteiger partial charge on any atom is -0.446 e. The van der Waals surface area contributed by atoms with Crippen LogP contribution in [0.5, 0.6) is 0 Å². The van der Waals surface area contributed by atoms with Gasteiger partial charge in [0.2, 0.25) is 17.7 Å². The van der Waals surface area contributed by atoms with Gasteiger partial charge in [-0.3, -0.25) is 24.7 Å². The number of pyridine rings is 1. The van der Waals surface area contributed by atoms with Gasteiger partial charge < -0.3 is 20.7 Å². The number of anilines is 1. The largest absolute Gasteiger partial charge is 0.446 e. The zero-order chi connectivity index (χ0) is 35.1. The molecule has 12 nitrogen and oxygen atoms in total. The Bertz CT molecular complexity index is 1810. The molecule has 3 fully saturated rings. The van der Waals surface area contributed by atoms with Crippen molar-refractivity contribution in [2.75, 3.05) is 18.9 Å². The molecular formula is C36H45N5O7S. The highest BCUT2D eigenvalue weighted by atomic mass is 32.2. The van der Waals surface area contributed by atoms with Crippen LogP contribution in [0.3, 0.4) is 0 Å². The summed E-state index contributed by atoms with van der Waals surface area (Å²) in [6, 6.07) is 11.2. The predicted molar refractivity (Wildman–Crippen MR) is 184 cm³/mol. The molecule has 0 radical (unpaired) electrons. The standard InChI is InChI=1S/C36H45N5O7S/c1-4-24-11-9-12-29(38-24)27-16-13-22(2)18-30(27)39-34(45)48-25-19-28-31(42)41(3)17-8-6-5-7-10-23-20-36(23,49(46,47)26-14-15-26)40-33(44)35(28,21-25)32(37)43/h7,9-13,16,18,23,25-26,28H,4-6,8,14-15,17,19-21H2,1-3H3,(H2,37,43)(H,39,45)(H,40,44). The molecular weight excluding hydrogens is 646 g/mol. The number of sulfone groups is 1. The van der Waals surface area contributed by atoms with Crippen LogP contribution in [0.2, 0.25) is 0 Å². The van der Waals surface area contributed by atoms with Gasteiger partial charge in [-0.2, -0.15) is 0 Å². The van der Waals surface area contributed by atoms with E-state index in [0.717, 1.165) is 24.1 Å². The van der Waals surface area contributed by atoms with E-state index >= 15 is 0 Å². The van der Waals surface area contributed by atoms with Crippen LogP contribution in [0, 0.1) is 24.2 Å². The molecule has 1 aromatic carbocycles. The molecule has 262 valence electrons. The molecule has 2 aromatic rings. The molecule has 4 aliphatic rings. The molecule has 4 amide bonds. The summed E-state index contributed by atoms with van der Waals surface area (Å²) in [7, 11) is -2.19. The van der Waals surface area contributed by atoms with Gasteiger partial charge in [0.15, 0.2) is 9.84 Å². The van der Waals surface area contributed by atoms with Crippen molar-refractivity contribution >= 4 is 39.3 Å². The van der Waals surface area contributed by atoms with Crippen molar-refractivity contribution in [1.82, 2.24) is 15.2 Å². The number of ether oxygens (including phenoxy) is 1. The zero-order valence-electron chi connectivity index (χ0n) is 28.2. The number of nitrogens with two attached hydrogens (primary N) is 1. The van der Waals surface area contributed by atoms with E-state index in [2.05, 4.69) is 10.6 Å². The zero-order valence-corrected chi connectivity index (χ0v) is 29.1. The molecule has 1 aromatic heterocycles. The molecule has 13 heteroatoms. The molecule has 5 atom stereocenters. The lowest BCUT2D eigenvalue weighted by Gasteiger charge is -2.34. The Labute approximate surface area is 287 Å². The lowest BCUT2D eigenvalue weighted by Crippen LogP contribution is -2.59. The lowest BCUT2D eigenvalue weighted by molar-refractivity contribution is -0.153. The van der Waals surface area contributed by atoms with Crippen LogP contribution in [-0.2, 0) is 35.4 Å². The quantitative estimate of drug-likeness (QED) is 0.288. The Morgan fingerprint density at radius 2 is 1.92 bits per heavy atom. The summed E-state index contributed by atoms with van der Waals surface area (Å²) in [5, 5.41) is 4.99. The van der Waals surface area contributed by atoms with E-state index in [1.54, 1.807) is 13.1 Å². The summed E-state index contributed by atoms with van der Waals surface area (Å²) in [4.78, 5) is 59.9. The van der Waals surface area contributed by atoms with Gasteiger partial charge >= 0.3 is 6.09 Å². The van der Waals surface area contributed by atoms with E-state index in [1.165, 1.54) is 4.90 Å². The number of carbonyl (C=O) groups excluding carboxylic acids is 4. The van der Waals surface area contributed by atoms with Crippen molar-refractivity contribution in [3.05, 3.63) is 59.8 Å². The second-order valence-corrected chi connectivity index (χ2v) is 16.5. The number of carbonyl (C=O) groups is 4. The number of primary amides is 1. The first-order chi connectivity index (χ1) is 23.3. The van der Waals surface area contributed by atoms with Gasteiger partial charge in [0.05, 0.1) is 22.5 Å². The third-order valence-electron chi connectivity index (χ3n) is 10.5. The monoisotopic (exact) mass is 691 g/mol. The predicted octanol–water partition coefficient (Wildman–Crippen LogP) is 4.03. The Hall–Kier alpha value is -4.26. The number of nitrogens with one attached hydrogen (secondary N) is 2. The fourth-order valence-electron chi connectivity index (χ4n) is 7.45. The van der Waals surface area contributed by atoms with Crippen molar-refractivity contribution in [2.24, 2.45) is 23.0 Å². The molecule has 6 rings (SSSR count). The molecule has 49 heavy (non-hydrogen) atoms. The average molecular weight is 692 g/mol. The first-order valence-corrected chi connectivity index (χ1v) is 18.7. The second kappa shape index (κ2) is 13.2. The molecule has 0 saturated heterocycles. The number of rotatable bonds is 7. The van der Waals surface area contributed by atoms with Gasteiger partial charge in [0.25, 0.3) is 0 Å². The fourth-order valence-corrected chi connectivity index (χ4v) is 9.95. The molecule has 4 N–H and O–H groups in total. The minimum atomic E-state index is -3.79. The number of amides is 4. The van der Waals surface area contributed by atoms with Crippen LogP contribution in [0.15, 0.2) is 48.6 Å². The molecule has 3 saturated carbocycles. The molecule has 3 aliphatic carbocycles. The van der Waals surface area contributed by atoms with E-state index in [9.17, 15) is 27.6 Å². The normalized spacial score (nSPS) is 28.9. The van der Waals surface area contributed by atoms with Crippen LogP contribution in [0.1, 0.15) is 69.5 Å². The third-order valence-corrected chi connectivity index (χ3v) is 13.5. The molecule has 1 aliphatic heterocycles. The highest BCUT2D eigenvalue weighted by Crippen LogP contribution is 2.55. The van der Waals surface area contributed by atoms with Crippen molar-refractivity contribution in [2.45, 2.75) is 87.9 Å². The first kappa shape index (κ1) is 34.6. The maximum absolute atomic E-state index is 14.4. The molecule has 0 spiro atoms. The van der Waals surface area contributed by atoms with E-state index in [1.807, 2.05) is 56.3 Å².